The number of benzene rings is 1. The Balaban J connectivity index is 1.56. The van der Waals surface area contributed by atoms with E-state index in [1.54, 1.807) is 0 Å². The van der Waals surface area contributed by atoms with Gasteiger partial charge in [-0.1, -0.05) is 59.4 Å². The zero-order valence-corrected chi connectivity index (χ0v) is 23.1. The van der Waals surface area contributed by atoms with Gasteiger partial charge >= 0.3 is 0 Å². The Morgan fingerprint density at radius 3 is 2.49 bits per heavy atom. The van der Waals surface area contributed by atoms with Crippen LogP contribution < -0.4 is 4.90 Å². The highest BCUT2D eigenvalue weighted by Gasteiger charge is 2.55. The van der Waals surface area contributed by atoms with Gasteiger partial charge in [0.1, 0.15) is 0 Å². The summed E-state index contributed by atoms with van der Waals surface area (Å²) in [5, 5.41) is 0.732. The van der Waals surface area contributed by atoms with Crippen molar-refractivity contribution in [2.24, 2.45) is 15.8 Å². The number of hydrogen-bond acceptors (Lipinski definition) is 4. The SMILES string of the molecule is C=C(N1CC2(C1)C(=C)N(CC(C)=Nc1ccc(Cl)cc1C)c1cnccc12)C(C)(C)CC(C)(C)C. The largest absolute Gasteiger partial charge is 0.372 e. The minimum absolute atomic E-state index is 0.0419. The summed E-state index contributed by atoms with van der Waals surface area (Å²) in [6.07, 6.45) is 4.96. The molecule has 1 aromatic heterocycles. The molecule has 2 aliphatic rings. The Labute approximate surface area is 216 Å². The molecular formula is C30H39ClN4. The Morgan fingerprint density at radius 2 is 1.86 bits per heavy atom. The number of halogens is 1. The fourth-order valence-electron chi connectivity index (χ4n) is 5.96. The molecule has 4 nitrogen and oxygen atoms in total. The standard InChI is InChI=1S/C30H39ClN4/c1-20-14-24(31)10-11-26(20)33-21(2)16-35-23(4)30(25-12-13-32-15-27(25)35)18-34(19-30)22(3)29(8,9)17-28(5,6)7/h10-15H,3-4,16-19H2,1-2,5-9H3. The molecule has 0 atom stereocenters. The zero-order chi connectivity index (χ0) is 25.8. The second kappa shape index (κ2) is 8.81. The van der Waals surface area contributed by atoms with Gasteiger partial charge in [0.05, 0.1) is 29.5 Å². The second-order valence-corrected chi connectivity index (χ2v) is 12.6. The van der Waals surface area contributed by atoms with Crippen LogP contribution in [0.25, 0.3) is 0 Å². The van der Waals surface area contributed by atoms with Gasteiger partial charge in [-0.2, -0.15) is 0 Å². The van der Waals surface area contributed by atoms with Gasteiger partial charge in [-0.25, -0.2) is 0 Å². The first-order valence-electron chi connectivity index (χ1n) is 12.4. The smallest absolute Gasteiger partial charge is 0.0719 e. The number of allylic oxidation sites excluding steroid dienone is 1. The third-order valence-electron chi connectivity index (χ3n) is 7.40. The van der Waals surface area contributed by atoms with Gasteiger partial charge < -0.3 is 9.80 Å². The van der Waals surface area contributed by atoms with Crippen molar-refractivity contribution in [2.75, 3.05) is 24.5 Å². The molecule has 0 N–H and O–H groups in total. The lowest BCUT2D eigenvalue weighted by molar-refractivity contribution is 0.0895. The van der Waals surface area contributed by atoms with Crippen molar-refractivity contribution >= 4 is 28.7 Å². The first kappa shape index (κ1) is 25.5. The van der Waals surface area contributed by atoms with E-state index in [1.165, 1.54) is 11.3 Å². The maximum absolute atomic E-state index is 6.13. The average Bonchev–Trinajstić information content (AvgIpc) is 2.95. The summed E-state index contributed by atoms with van der Waals surface area (Å²) in [7, 11) is 0. The molecule has 1 fully saturated rings. The molecule has 0 unspecified atom stereocenters. The molecule has 1 aromatic carbocycles. The molecule has 0 saturated carbocycles. The number of aryl methyl sites for hydroxylation is 1. The maximum atomic E-state index is 6.13. The van der Waals surface area contributed by atoms with Gasteiger partial charge in [-0.3, -0.25) is 9.98 Å². The maximum Gasteiger partial charge on any atom is 0.0719 e. The van der Waals surface area contributed by atoms with E-state index in [9.17, 15) is 0 Å². The van der Waals surface area contributed by atoms with Crippen molar-refractivity contribution in [3.05, 3.63) is 77.4 Å². The number of hydrogen-bond donors (Lipinski definition) is 0. The normalized spacial score (nSPS) is 17.6. The van der Waals surface area contributed by atoms with E-state index in [4.69, 9.17) is 16.6 Å². The highest BCUT2D eigenvalue weighted by Crippen LogP contribution is 2.54. The minimum atomic E-state index is -0.102. The van der Waals surface area contributed by atoms with Crippen LogP contribution in [-0.4, -0.2) is 35.2 Å². The summed E-state index contributed by atoms with van der Waals surface area (Å²) in [5.74, 6) is 0. The van der Waals surface area contributed by atoms with Crippen LogP contribution in [0.4, 0.5) is 11.4 Å². The summed E-state index contributed by atoms with van der Waals surface area (Å²) in [6.45, 7) is 27.3. The predicted octanol–water partition coefficient (Wildman–Crippen LogP) is 7.70. The fourth-order valence-corrected chi connectivity index (χ4v) is 6.19. The van der Waals surface area contributed by atoms with Crippen LogP contribution in [0.2, 0.25) is 5.02 Å². The monoisotopic (exact) mass is 490 g/mol. The number of likely N-dealkylation sites (tertiary alicyclic amines) is 1. The number of fused-ring (bicyclic) bond motifs is 2. The van der Waals surface area contributed by atoms with Crippen molar-refractivity contribution in [2.45, 2.75) is 60.3 Å². The van der Waals surface area contributed by atoms with Gasteiger partial charge in [-0.15, -0.1) is 0 Å². The summed E-state index contributed by atoms with van der Waals surface area (Å²) in [4.78, 5) is 14.1. The molecule has 2 aromatic rings. The van der Waals surface area contributed by atoms with Crippen molar-refractivity contribution < 1.29 is 0 Å². The minimum Gasteiger partial charge on any atom is -0.372 e. The van der Waals surface area contributed by atoms with Crippen LogP contribution in [0.5, 0.6) is 0 Å². The number of nitrogens with zero attached hydrogens (tertiary/aromatic N) is 4. The molecule has 0 radical (unpaired) electrons. The molecule has 186 valence electrons. The van der Waals surface area contributed by atoms with Crippen LogP contribution in [0, 0.1) is 17.8 Å². The number of anilines is 1. The quantitative estimate of drug-likeness (QED) is 0.389. The molecule has 3 heterocycles. The first-order chi connectivity index (χ1) is 16.2. The molecule has 0 amide bonds. The molecule has 4 rings (SSSR count). The predicted molar refractivity (Wildman–Crippen MR) is 150 cm³/mol. The summed E-state index contributed by atoms with van der Waals surface area (Å²) in [6, 6.07) is 7.98. The molecule has 1 saturated heterocycles. The Bertz CT molecular complexity index is 1200. The van der Waals surface area contributed by atoms with Crippen molar-refractivity contribution in [1.82, 2.24) is 9.88 Å². The Hall–Kier alpha value is -2.59. The molecule has 5 heteroatoms. The van der Waals surface area contributed by atoms with E-state index in [0.717, 1.165) is 52.9 Å². The first-order valence-corrected chi connectivity index (χ1v) is 12.8. The van der Waals surface area contributed by atoms with E-state index >= 15 is 0 Å². The lowest BCUT2D eigenvalue weighted by Crippen LogP contribution is -2.60. The summed E-state index contributed by atoms with van der Waals surface area (Å²) < 4.78 is 0. The van der Waals surface area contributed by atoms with Crippen molar-refractivity contribution in [3.8, 4) is 0 Å². The molecular weight excluding hydrogens is 452 g/mol. The molecule has 35 heavy (non-hydrogen) atoms. The third-order valence-corrected chi connectivity index (χ3v) is 7.63. The lowest BCUT2D eigenvalue weighted by atomic mass is 9.69. The number of aromatic nitrogens is 1. The van der Waals surface area contributed by atoms with Gasteiger partial charge in [-0.05, 0) is 61.1 Å². The topological polar surface area (TPSA) is 31.7 Å². The molecule has 0 aliphatic carbocycles. The van der Waals surface area contributed by atoms with Crippen LogP contribution >= 0.6 is 11.6 Å². The van der Waals surface area contributed by atoms with E-state index in [0.29, 0.717) is 6.54 Å². The fraction of sp³-hybridized carbons (Fsp3) is 0.467. The number of pyridine rings is 1. The van der Waals surface area contributed by atoms with Crippen molar-refractivity contribution in [3.63, 3.8) is 0 Å². The van der Waals surface area contributed by atoms with Crippen LogP contribution in [0.3, 0.4) is 0 Å². The highest BCUT2D eigenvalue weighted by atomic mass is 35.5. The van der Waals surface area contributed by atoms with Gasteiger partial charge in [0.15, 0.2) is 0 Å². The van der Waals surface area contributed by atoms with Gasteiger partial charge in [0.25, 0.3) is 0 Å². The summed E-state index contributed by atoms with van der Waals surface area (Å²) in [5.41, 5.74) is 8.03. The van der Waals surface area contributed by atoms with E-state index in [1.807, 2.05) is 37.5 Å². The van der Waals surface area contributed by atoms with E-state index in [-0.39, 0.29) is 16.2 Å². The van der Waals surface area contributed by atoms with E-state index < -0.39 is 0 Å². The summed E-state index contributed by atoms with van der Waals surface area (Å²) >= 11 is 6.13. The second-order valence-electron chi connectivity index (χ2n) is 12.2. The molecule has 2 aliphatic heterocycles. The number of aliphatic imine (C=N–C) groups is 1. The van der Waals surface area contributed by atoms with Gasteiger partial charge in [0, 0.05) is 46.8 Å². The third kappa shape index (κ3) is 4.78. The number of rotatable bonds is 6. The van der Waals surface area contributed by atoms with Crippen molar-refractivity contribution in [1.29, 1.82) is 0 Å². The van der Waals surface area contributed by atoms with Crippen LogP contribution in [0.1, 0.15) is 59.1 Å². The lowest BCUT2D eigenvalue weighted by Gasteiger charge is -2.54. The highest BCUT2D eigenvalue weighted by molar-refractivity contribution is 6.30. The van der Waals surface area contributed by atoms with Gasteiger partial charge in [0.2, 0.25) is 0 Å². The molecule has 1 spiro atoms. The van der Waals surface area contributed by atoms with Crippen LogP contribution in [-0.2, 0) is 5.41 Å². The zero-order valence-electron chi connectivity index (χ0n) is 22.4. The Kier molecular flexibility index (Phi) is 6.42. The molecule has 0 bridgehead atoms. The van der Waals surface area contributed by atoms with Crippen LogP contribution in [0.15, 0.2) is 66.2 Å². The average molecular weight is 491 g/mol. The van der Waals surface area contributed by atoms with E-state index in [2.05, 4.69) is 75.6 Å². The Morgan fingerprint density at radius 1 is 1.17 bits per heavy atom.